The van der Waals surface area contributed by atoms with Crippen LogP contribution >= 0.6 is 0 Å². The van der Waals surface area contributed by atoms with Crippen LogP contribution in [-0.2, 0) is 10.2 Å². The maximum absolute atomic E-state index is 13.2. The van der Waals surface area contributed by atoms with Crippen molar-refractivity contribution in [1.29, 1.82) is 0 Å². The number of nitrogens with one attached hydrogen (secondary N) is 1. The van der Waals surface area contributed by atoms with E-state index in [4.69, 9.17) is 9.47 Å². The number of carboxylic acid groups (broad SMARTS) is 1. The van der Waals surface area contributed by atoms with Crippen LogP contribution in [0.25, 0.3) is 11.1 Å². The van der Waals surface area contributed by atoms with Gasteiger partial charge in [-0.25, -0.2) is 4.79 Å². The standard InChI is InChI=1S/C25H21NO6/c1-14-2-5-17(12-18(14)15-3-6-20(27)19(10-15)23(28)29)26-24(30)25(8-9-25)16-4-7-21-22(11-16)32-13-31-21/h2-7,10-12,27H,8-9,13H2,1H3,(H,26,30)(H,28,29). The number of carbonyl (C=O) groups is 2. The summed E-state index contributed by atoms with van der Waals surface area (Å²) in [5, 5.41) is 22.1. The fourth-order valence-corrected chi connectivity index (χ4v) is 4.10. The molecule has 32 heavy (non-hydrogen) atoms. The van der Waals surface area contributed by atoms with Gasteiger partial charge in [0.05, 0.1) is 5.41 Å². The zero-order valence-electron chi connectivity index (χ0n) is 17.3. The highest BCUT2D eigenvalue weighted by Gasteiger charge is 2.51. The first kappa shape index (κ1) is 19.9. The van der Waals surface area contributed by atoms with E-state index in [2.05, 4.69) is 5.32 Å². The minimum atomic E-state index is -1.20. The molecular formula is C25H21NO6. The van der Waals surface area contributed by atoms with E-state index < -0.39 is 11.4 Å². The fraction of sp³-hybridized carbons (Fsp3) is 0.200. The number of amides is 1. The van der Waals surface area contributed by atoms with Crippen LogP contribution in [-0.4, -0.2) is 28.9 Å². The summed E-state index contributed by atoms with van der Waals surface area (Å²) in [4.78, 5) is 24.6. The van der Waals surface area contributed by atoms with Gasteiger partial charge in [0.25, 0.3) is 0 Å². The van der Waals surface area contributed by atoms with E-state index in [1.54, 1.807) is 6.07 Å². The highest BCUT2D eigenvalue weighted by Crippen LogP contribution is 2.51. The average molecular weight is 431 g/mol. The summed E-state index contributed by atoms with van der Waals surface area (Å²) in [5.41, 5.74) is 3.09. The van der Waals surface area contributed by atoms with Crippen molar-refractivity contribution in [1.82, 2.24) is 0 Å². The highest BCUT2D eigenvalue weighted by molar-refractivity contribution is 6.02. The maximum Gasteiger partial charge on any atom is 0.339 e. The number of anilines is 1. The summed E-state index contributed by atoms with van der Waals surface area (Å²) in [6.07, 6.45) is 1.49. The topological polar surface area (TPSA) is 105 Å². The first-order valence-electron chi connectivity index (χ1n) is 10.3. The molecule has 1 fully saturated rings. The van der Waals surface area contributed by atoms with Crippen LogP contribution in [0.4, 0.5) is 5.69 Å². The molecule has 0 saturated heterocycles. The van der Waals surface area contributed by atoms with Gasteiger partial charge in [-0.2, -0.15) is 0 Å². The summed E-state index contributed by atoms with van der Waals surface area (Å²) in [6.45, 7) is 2.09. The lowest BCUT2D eigenvalue weighted by molar-refractivity contribution is -0.118. The van der Waals surface area contributed by atoms with E-state index >= 15 is 0 Å². The van der Waals surface area contributed by atoms with Crippen molar-refractivity contribution in [3.63, 3.8) is 0 Å². The number of phenols is 1. The molecule has 7 heteroatoms. The third-order valence-corrected chi connectivity index (χ3v) is 6.14. The number of carboxylic acids is 1. The van der Waals surface area contributed by atoms with Crippen LogP contribution in [0.5, 0.6) is 17.2 Å². The predicted octanol–water partition coefficient (Wildman–Crippen LogP) is 4.46. The van der Waals surface area contributed by atoms with Crippen molar-refractivity contribution < 1.29 is 29.3 Å². The van der Waals surface area contributed by atoms with E-state index in [0.29, 0.717) is 22.7 Å². The minimum Gasteiger partial charge on any atom is -0.507 e. The number of aromatic carboxylic acids is 1. The molecule has 0 spiro atoms. The molecule has 1 saturated carbocycles. The van der Waals surface area contributed by atoms with E-state index in [1.807, 2.05) is 43.3 Å². The normalized spacial score (nSPS) is 15.3. The van der Waals surface area contributed by atoms with Crippen LogP contribution in [0.15, 0.2) is 54.6 Å². The van der Waals surface area contributed by atoms with Crippen LogP contribution in [0.3, 0.4) is 0 Å². The third kappa shape index (κ3) is 3.32. The Morgan fingerprint density at radius 1 is 0.969 bits per heavy atom. The zero-order chi connectivity index (χ0) is 22.5. The van der Waals surface area contributed by atoms with Gasteiger partial charge in [-0.3, -0.25) is 4.79 Å². The van der Waals surface area contributed by atoms with Crippen molar-refractivity contribution in [2.45, 2.75) is 25.2 Å². The Hall–Kier alpha value is -4.00. The smallest absolute Gasteiger partial charge is 0.339 e. The van der Waals surface area contributed by atoms with Gasteiger partial charge in [-0.05, 0) is 78.4 Å². The molecule has 0 unspecified atom stereocenters. The number of benzene rings is 3. The molecule has 1 aliphatic carbocycles. The third-order valence-electron chi connectivity index (χ3n) is 6.14. The van der Waals surface area contributed by atoms with Crippen molar-refractivity contribution in [3.05, 3.63) is 71.3 Å². The molecule has 5 rings (SSSR count). The number of aryl methyl sites for hydroxylation is 1. The SMILES string of the molecule is Cc1ccc(NC(=O)C2(c3ccc4c(c3)OCO4)CC2)cc1-c1ccc(O)c(C(=O)O)c1. The van der Waals surface area contributed by atoms with Gasteiger partial charge in [0.2, 0.25) is 12.7 Å². The number of aromatic hydroxyl groups is 1. The molecule has 7 nitrogen and oxygen atoms in total. The van der Waals surface area contributed by atoms with Gasteiger partial charge >= 0.3 is 5.97 Å². The molecule has 0 radical (unpaired) electrons. The fourth-order valence-electron chi connectivity index (χ4n) is 4.10. The molecule has 0 aromatic heterocycles. The summed E-state index contributed by atoms with van der Waals surface area (Å²) >= 11 is 0. The number of rotatable bonds is 5. The molecule has 0 atom stereocenters. The largest absolute Gasteiger partial charge is 0.507 e. The van der Waals surface area contributed by atoms with Crippen LogP contribution < -0.4 is 14.8 Å². The van der Waals surface area contributed by atoms with Crippen LogP contribution in [0.1, 0.15) is 34.3 Å². The molecule has 0 bridgehead atoms. The van der Waals surface area contributed by atoms with Gasteiger partial charge in [0.15, 0.2) is 11.5 Å². The number of ether oxygens (including phenoxy) is 2. The average Bonchev–Trinajstić information content (AvgIpc) is 3.46. The monoisotopic (exact) mass is 431 g/mol. The Labute approximate surface area is 184 Å². The molecule has 1 heterocycles. The molecule has 3 aromatic rings. The summed E-state index contributed by atoms with van der Waals surface area (Å²) in [7, 11) is 0. The van der Waals surface area contributed by atoms with E-state index in [9.17, 15) is 19.8 Å². The van der Waals surface area contributed by atoms with Crippen molar-refractivity contribution in [2.75, 3.05) is 12.1 Å². The van der Waals surface area contributed by atoms with Crippen molar-refractivity contribution in [3.8, 4) is 28.4 Å². The van der Waals surface area contributed by atoms with E-state index in [0.717, 1.165) is 29.5 Å². The first-order valence-corrected chi connectivity index (χ1v) is 10.3. The molecule has 3 N–H and O–H groups in total. The van der Waals surface area contributed by atoms with Gasteiger partial charge < -0.3 is 25.0 Å². The van der Waals surface area contributed by atoms with Crippen molar-refractivity contribution in [2.24, 2.45) is 0 Å². The Balaban J connectivity index is 1.43. The lowest BCUT2D eigenvalue weighted by Crippen LogP contribution is -2.27. The lowest BCUT2D eigenvalue weighted by Gasteiger charge is -2.17. The molecular weight excluding hydrogens is 410 g/mol. The summed E-state index contributed by atoms with van der Waals surface area (Å²) < 4.78 is 10.8. The number of fused-ring (bicyclic) bond motifs is 1. The van der Waals surface area contributed by atoms with E-state index in [-0.39, 0.29) is 24.0 Å². The molecule has 2 aliphatic rings. The lowest BCUT2D eigenvalue weighted by atomic mass is 9.94. The maximum atomic E-state index is 13.2. The quantitative estimate of drug-likeness (QED) is 0.551. The molecule has 3 aromatic carbocycles. The second kappa shape index (κ2) is 7.30. The summed E-state index contributed by atoms with van der Waals surface area (Å²) in [5.74, 6) is -0.250. The minimum absolute atomic E-state index is 0.0944. The number of hydrogen-bond donors (Lipinski definition) is 3. The molecule has 1 aliphatic heterocycles. The Bertz CT molecular complexity index is 1260. The number of carbonyl (C=O) groups excluding carboxylic acids is 1. The number of hydrogen-bond acceptors (Lipinski definition) is 5. The Morgan fingerprint density at radius 3 is 2.50 bits per heavy atom. The predicted molar refractivity (Wildman–Crippen MR) is 117 cm³/mol. The van der Waals surface area contributed by atoms with Crippen LogP contribution in [0.2, 0.25) is 0 Å². The van der Waals surface area contributed by atoms with Gasteiger partial charge in [-0.15, -0.1) is 0 Å². The molecule has 1 amide bonds. The second-order valence-electron chi connectivity index (χ2n) is 8.17. The van der Waals surface area contributed by atoms with Gasteiger partial charge in [0, 0.05) is 5.69 Å². The first-order chi connectivity index (χ1) is 15.4. The zero-order valence-corrected chi connectivity index (χ0v) is 17.3. The summed E-state index contributed by atoms with van der Waals surface area (Å²) in [6, 6.07) is 15.6. The van der Waals surface area contributed by atoms with Crippen molar-refractivity contribution >= 4 is 17.6 Å². The van der Waals surface area contributed by atoms with Crippen LogP contribution in [0, 0.1) is 6.92 Å². The highest BCUT2D eigenvalue weighted by atomic mass is 16.7. The van der Waals surface area contributed by atoms with E-state index in [1.165, 1.54) is 12.1 Å². The second-order valence-corrected chi connectivity index (χ2v) is 8.17. The Kier molecular flexibility index (Phi) is 4.55. The van der Waals surface area contributed by atoms with Gasteiger partial charge in [0.1, 0.15) is 11.3 Å². The molecule has 162 valence electrons. The Morgan fingerprint density at radius 2 is 1.75 bits per heavy atom. The van der Waals surface area contributed by atoms with Gasteiger partial charge in [-0.1, -0.05) is 18.2 Å².